The summed E-state index contributed by atoms with van der Waals surface area (Å²) in [7, 11) is 0. The van der Waals surface area contributed by atoms with Crippen LogP contribution < -0.4 is 5.73 Å². The SMILES string of the molecule is CC(O)/C(C(N)=O)=C(/O)CC1CC(=O)C2=C(O)c3c(ccc(CN4CCCCC4)c3O)CC2C1. The van der Waals surface area contributed by atoms with Crippen LogP contribution in [-0.2, 0) is 22.6 Å². The number of carbonyl (C=O) groups excluding carboxylic acids is 2. The highest BCUT2D eigenvalue weighted by atomic mass is 16.3. The summed E-state index contributed by atoms with van der Waals surface area (Å²) in [6.07, 6.45) is 3.46. The van der Waals surface area contributed by atoms with Crippen molar-refractivity contribution < 1.29 is 30.0 Å². The van der Waals surface area contributed by atoms with Crippen molar-refractivity contribution in [1.29, 1.82) is 0 Å². The molecule has 1 saturated heterocycles. The highest BCUT2D eigenvalue weighted by Gasteiger charge is 2.40. The quantitative estimate of drug-likeness (QED) is 0.318. The molecular weight excluding hydrogens is 436 g/mol. The summed E-state index contributed by atoms with van der Waals surface area (Å²) < 4.78 is 0. The molecule has 2 fully saturated rings. The highest BCUT2D eigenvalue weighted by molar-refractivity contribution is 6.04. The molecular formula is C26H34N2O6. The number of nitrogens with two attached hydrogens (primary N) is 1. The van der Waals surface area contributed by atoms with Crippen LogP contribution in [0.3, 0.4) is 0 Å². The van der Waals surface area contributed by atoms with Gasteiger partial charge in [-0.25, -0.2) is 0 Å². The Morgan fingerprint density at radius 2 is 1.88 bits per heavy atom. The van der Waals surface area contributed by atoms with Gasteiger partial charge in [-0.1, -0.05) is 18.6 Å². The van der Waals surface area contributed by atoms with E-state index in [1.807, 2.05) is 12.1 Å². The Morgan fingerprint density at radius 3 is 2.53 bits per heavy atom. The van der Waals surface area contributed by atoms with Crippen LogP contribution in [0, 0.1) is 11.8 Å². The van der Waals surface area contributed by atoms with E-state index >= 15 is 0 Å². The molecule has 1 saturated carbocycles. The lowest BCUT2D eigenvalue weighted by Gasteiger charge is -2.35. The molecule has 3 aliphatic rings. The van der Waals surface area contributed by atoms with Crippen molar-refractivity contribution in [3.05, 3.63) is 45.7 Å². The number of phenols is 1. The number of Topliss-reactive ketones (excluding diaryl/α,β-unsaturated/α-hetero) is 1. The van der Waals surface area contributed by atoms with Gasteiger partial charge in [0.05, 0.1) is 17.2 Å². The van der Waals surface area contributed by atoms with Crippen molar-refractivity contribution >= 4 is 17.4 Å². The van der Waals surface area contributed by atoms with Gasteiger partial charge in [0, 0.05) is 30.5 Å². The third-order valence-electron chi connectivity index (χ3n) is 7.43. The van der Waals surface area contributed by atoms with Crippen LogP contribution in [0.1, 0.15) is 62.1 Å². The number of fused-ring (bicyclic) bond motifs is 2. The average molecular weight is 471 g/mol. The van der Waals surface area contributed by atoms with Gasteiger partial charge >= 0.3 is 0 Å². The minimum absolute atomic E-state index is 0.0464. The Morgan fingerprint density at radius 1 is 1.18 bits per heavy atom. The predicted octanol–water partition coefficient (Wildman–Crippen LogP) is 2.87. The van der Waals surface area contributed by atoms with Crippen LogP contribution in [0.2, 0.25) is 0 Å². The van der Waals surface area contributed by atoms with Crippen LogP contribution in [0.25, 0.3) is 5.76 Å². The van der Waals surface area contributed by atoms with E-state index in [0.717, 1.165) is 37.1 Å². The molecule has 2 aliphatic carbocycles. The molecule has 1 aromatic rings. The lowest BCUT2D eigenvalue weighted by Crippen LogP contribution is -2.32. The number of hydrogen-bond acceptors (Lipinski definition) is 7. The number of nitrogens with zero attached hydrogens (tertiary/aromatic N) is 1. The van der Waals surface area contributed by atoms with E-state index in [9.17, 15) is 30.0 Å². The molecule has 8 heteroatoms. The predicted molar refractivity (Wildman–Crippen MR) is 127 cm³/mol. The van der Waals surface area contributed by atoms with Gasteiger partial charge < -0.3 is 26.2 Å². The number of aliphatic hydroxyl groups is 3. The highest BCUT2D eigenvalue weighted by Crippen LogP contribution is 2.46. The zero-order chi connectivity index (χ0) is 24.6. The van der Waals surface area contributed by atoms with Crippen LogP contribution >= 0.6 is 0 Å². The Bertz CT molecular complexity index is 1050. The van der Waals surface area contributed by atoms with Gasteiger partial charge in [-0.15, -0.1) is 0 Å². The smallest absolute Gasteiger partial charge is 0.250 e. The van der Waals surface area contributed by atoms with Crippen molar-refractivity contribution in [3.8, 4) is 5.75 Å². The van der Waals surface area contributed by atoms with Gasteiger partial charge in [-0.2, -0.15) is 0 Å². The standard InChI is InChI=1S/C26H34N2O6/c1-14(29)21(26(27)34)19(30)10-15-9-18-12-16-5-6-17(13-28-7-3-2-4-8-28)24(32)23(16)25(33)22(18)20(31)11-15/h5-6,14-15,18,29-30,32-33H,2-4,7-13H2,1H3,(H2,27,34)/b21-19-. The second-order valence-electron chi connectivity index (χ2n) is 9.94. The largest absolute Gasteiger partial charge is 0.512 e. The second kappa shape index (κ2) is 9.80. The summed E-state index contributed by atoms with van der Waals surface area (Å²) in [5.74, 6) is -2.02. The van der Waals surface area contributed by atoms with Gasteiger partial charge in [-0.05, 0) is 63.1 Å². The summed E-state index contributed by atoms with van der Waals surface area (Å²) in [6.45, 7) is 3.93. The number of piperidine rings is 1. The Kier molecular flexibility index (Phi) is 7.00. The second-order valence-corrected chi connectivity index (χ2v) is 9.94. The number of likely N-dealkylation sites (tertiary alicyclic amines) is 1. The first-order valence-corrected chi connectivity index (χ1v) is 12.1. The minimum Gasteiger partial charge on any atom is -0.512 e. The Labute approximate surface area is 199 Å². The summed E-state index contributed by atoms with van der Waals surface area (Å²) in [6, 6.07) is 3.82. The molecule has 0 spiro atoms. The number of benzene rings is 1. The molecule has 1 aromatic carbocycles. The molecule has 1 heterocycles. The van der Waals surface area contributed by atoms with E-state index < -0.39 is 12.0 Å². The lowest BCUT2D eigenvalue weighted by atomic mass is 9.69. The van der Waals surface area contributed by atoms with Crippen molar-refractivity contribution in [1.82, 2.24) is 4.90 Å². The fourth-order valence-electron chi connectivity index (χ4n) is 5.84. The van der Waals surface area contributed by atoms with E-state index in [2.05, 4.69) is 4.90 Å². The molecule has 3 unspecified atom stereocenters. The number of aliphatic hydroxyl groups excluding tert-OH is 3. The fourth-order valence-corrected chi connectivity index (χ4v) is 5.84. The van der Waals surface area contributed by atoms with Crippen LogP contribution in [0.15, 0.2) is 29.0 Å². The topological polar surface area (TPSA) is 144 Å². The summed E-state index contributed by atoms with van der Waals surface area (Å²) in [5.41, 5.74) is 7.28. The first-order valence-electron chi connectivity index (χ1n) is 12.1. The van der Waals surface area contributed by atoms with Gasteiger partial charge in [0.2, 0.25) is 0 Å². The number of hydrogen-bond donors (Lipinski definition) is 5. The van der Waals surface area contributed by atoms with E-state index in [1.54, 1.807) is 0 Å². The van der Waals surface area contributed by atoms with Crippen molar-refractivity contribution in [3.63, 3.8) is 0 Å². The van der Waals surface area contributed by atoms with E-state index in [0.29, 0.717) is 30.5 Å². The molecule has 0 aromatic heterocycles. The molecule has 34 heavy (non-hydrogen) atoms. The molecule has 184 valence electrons. The Balaban J connectivity index is 1.58. The third kappa shape index (κ3) is 4.70. The first kappa shape index (κ1) is 24.3. The number of primary amides is 1. The number of ketones is 1. The molecule has 4 rings (SSSR count). The zero-order valence-electron chi connectivity index (χ0n) is 19.6. The number of allylic oxidation sites excluding steroid dienone is 2. The molecule has 0 radical (unpaired) electrons. The van der Waals surface area contributed by atoms with Crippen LogP contribution in [0.4, 0.5) is 0 Å². The van der Waals surface area contributed by atoms with Crippen molar-refractivity contribution in [2.24, 2.45) is 17.6 Å². The van der Waals surface area contributed by atoms with Crippen LogP contribution in [0.5, 0.6) is 5.75 Å². The van der Waals surface area contributed by atoms with Gasteiger partial charge in [0.25, 0.3) is 5.91 Å². The molecule has 8 nitrogen and oxygen atoms in total. The molecule has 1 amide bonds. The number of rotatable bonds is 6. The molecule has 3 atom stereocenters. The van der Waals surface area contributed by atoms with E-state index in [4.69, 9.17) is 5.73 Å². The molecule has 1 aliphatic heterocycles. The van der Waals surface area contributed by atoms with E-state index in [1.165, 1.54) is 13.3 Å². The number of aromatic hydroxyl groups is 1. The number of amides is 1. The number of phenolic OH excluding ortho intramolecular Hbond substituents is 1. The normalized spacial score (nSPS) is 24.8. The minimum atomic E-state index is -1.21. The summed E-state index contributed by atoms with van der Waals surface area (Å²) in [4.78, 5) is 26.9. The zero-order valence-corrected chi connectivity index (χ0v) is 19.6. The lowest BCUT2D eigenvalue weighted by molar-refractivity contribution is -0.118. The maximum absolute atomic E-state index is 13.0. The summed E-state index contributed by atoms with van der Waals surface area (Å²) in [5, 5.41) is 42.3. The third-order valence-corrected chi connectivity index (χ3v) is 7.43. The monoisotopic (exact) mass is 470 g/mol. The van der Waals surface area contributed by atoms with E-state index in [-0.39, 0.29) is 53.3 Å². The van der Waals surface area contributed by atoms with Gasteiger partial charge in [0.15, 0.2) is 5.78 Å². The fraction of sp³-hybridized carbons (Fsp3) is 0.538. The van der Waals surface area contributed by atoms with Crippen molar-refractivity contribution in [2.75, 3.05) is 13.1 Å². The maximum atomic E-state index is 13.0. The first-order chi connectivity index (χ1) is 16.2. The maximum Gasteiger partial charge on any atom is 0.250 e. The summed E-state index contributed by atoms with van der Waals surface area (Å²) >= 11 is 0. The van der Waals surface area contributed by atoms with Crippen LogP contribution in [-0.4, -0.2) is 56.2 Å². The average Bonchev–Trinajstić information content (AvgIpc) is 2.75. The Hall–Kier alpha value is -2.84. The number of carbonyl (C=O) groups is 2. The van der Waals surface area contributed by atoms with Gasteiger partial charge in [-0.3, -0.25) is 14.5 Å². The molecule has 0 bridgehead atoms. The van der Waals surface area contributed by atoms with Gasteiger partial charge in [0.1, 0.15) is 17.3 Å². The molecule has 6 N–H and O–H groups in total. The van der Waals surface area contributed by atoms with Crippen molar-refractivity contribution in [2.45, 2.75) is 64.5 Å².